The van der Waals surface area contributed by atoms with Gasteiger partial charge in [0.25, 0.3) is 0 Å². The fourth-order valence-electron chi connectivity index (χ4n) is 2.77. The Morgan fingerprint density at radius 3 is 1.43 bits per heavy atom. The molecule has 0 atom stereocenters. The Morgan fingerprint density at radius 2 is 0.933 bits per heavy atom. The zero-order valence-corrected chi connectivity index (χ0v) is 19.6. The molecule has 0 fully saturated rings. The summed E-state index contributed by atoms with van der Waals surface area (Å²) in [5.74, 6) is -0.965. The van der Waals surface area contributed by atoms with Crippen LogP contribution in [0.25, 0.3) is 0 Å². The van der Waals surface area contributed by atoms with Crippen molar-refractivity contribution in [2.24, 2.45) is 0 Å². The molecule has 3 aromatic carbocycles. The second-order valence-electron chi connectivity index (χ2n) is 7.97. The van der Waals surface area contributed by atoms with E-state index < -0.39 is 11.6 Å². The van der Waals surface area contributed by atoms with Crippen LogP contribution in [-0.2, 0) is 0 Å². The SMILES string of the molecule is Cc1cc(F)c(C)c(F)c1C.Cc1ccc(C)c(C)c1.Cc1ccc(C)c(F)c1C. The van der Waals surface area contributed by atoms with E-state index in [2.05, 4.69) is 39.0 Å². The Labute approximate surface area is 179 Å². The summed E-state index contributed by atoms with van der Waals surface area (Å²) in [7, 11) is 0. The van der Waals surface area contributed by atoms with Gasteiger partial charge in [0.2, 0.25) is 0 Å². The zero-order chi connectivity index (χ0) is 23.2. The molecule has 0 bridgehead atoms. The van der Waals surface area contributed by atoms with Crippen LogP contribution in [0.2, 0.25) is 0 Å². The summed E-state index contributed by atoms with van der Waals surface area (Å²) >= 11 is 0. The first-order valence-electron chi connectivity index (χ1n) is 10.0. The first-order valence-corrected chi connectivity index (χ1v) is 10.0. The lowest BCUT2D eigenvalue weighted by Gasteiger charge is -2.04. The molecule has 0 aliphatic carbocycles. The van der Waals surface area contributed by atoms with Gasteiger partial charge in [-0.1, -0.05) is 35.9 Å². The van der Waals surface area contributed by atoms with Crippen molar-refractivity contribution >= 4 is 0 Å². The number of hydrogen-bond donors (Lipinski definition) is 0. The molecule has 0 radical (unpaired) electrons. The second-order valence-corrected chi connectivity index (χ2v) is 7.97. The molecular weight excluding hydrogens is 381 g/mol. The number of aryl methyl sites for hydroxylation is 6. The highest BCUT2D eigenvalue weighted by Crippen LogP contribution is 2.18. The maximum atomic E-state index is 13.0. The van der Waals surface area contributed by atoms with Crippen LogP contribution >= 0.6 is 0 Å². The molecule has 0 heterocycles. The molecule has 0 nitrogen and oxygen atoms in total. The van der Waals surface area contributed by atoms with E-state index in [1.165, 1.54) is 29.7 Å². The average molecular weight is 415 g/mol. The van der Waals surface area contributed by atoms with Crippen molar-refractivity contribution in [3.63, 3.8) is 0 Å². The largest absolute Gasteiger partial charge is 0.207 e. The monoisotopic (exact) mass is 414 g/mol. The first-order chi connectivity index (χ1) is 13.9. The Balaban J connectivity index is 0.000000226. The van der Waals surface area contributed by atoms with Crippen LogP contribution in [0.15, 0.2) is 36.4 Å². The van der Waals surface area contributed by atoms with Gasteiger partial charge in [0.15, 0.2) is 0 Å². The van der Waals surface area contributed by atoms with Gasteiger partial charge >= 0.3 is 0 Å². The first kappa shape index (κ1) is 25.5. The molecule has 0 saturated carbocycles. The summed E-state index contributed by atoms with van der Waals surface area (Å²) < 4.78 is 38.8. The third kappa shape index (κ3) is 6.76. The molecule has 30 heavy (non-hydrogen) atoms. The fraction of sp³-hybridized carbons (Fsp3) is 0.333. The Hall–Kier alpha value is -2.55. The van der Waals surface area contributed by atoms with Crippen LogP contribution in [0.4, 0.5) is 13.2 Å². The third-order valence-electron chi connectivity index (χ3n) is 5.46. The van der Waals surface area contributed by atoms with Crippen molar-refractivity contribution in [3.8, 4) is 0 Å². The minimum atomic E-state index is -0.467. The summed E-state index contributed by atoms with van der Waals surface area (Å²) in [4.78, 5) is 0. The van der Waals surface area contributed by atoms with Gasteiger partial charge in [0, 0.05) is 5.56 Å². The van der Waals surface area contributed by atoms with Crippen LogP contribution in [0, 0.1) is 79.8 Å². The lowest BCUT2D eigenvalue weighted by molar-refractivity contribution is 0.560. The molecule has 3 rings (SSSR count). The molecule has 0 spiro atoms. The lowest BCUT2D eigenvalue weighted by Crippen LogP contribution is -1.95. The zero-order valence-electron chi connectivity index (χ0n) is 19.6. The second kappa shape index (κ2) is 11.0. The van der Waals surface area contributed by atoms with Crippen molar-refractivity contribution < 1.29 is 13.2 Å². The molecule has 0 aliphatic rings. The Kier molecular flexibility index (Phi) is 9.35. The van der Waals surface area contributed by atoms with E-state index in [0.29, 0.717) is 11.1 Å². The normalized spacial score (nSPS) is 10.0. The predicted molar refractivity (Wildman–Crippen MR) is 122 cm³/mol. The Morgan fingerprint density at radius 1 is 0.433 bits per heavy atom. The van der Waals surface area contributed by atoms with Crippen LogP contribution in [-0.4, -0.2) is 0 Å². The van der Waals surface area contributed by atoms with Gasteiger partial charge in [-0.2, -0.15) is 0 Å². The molecular formula is C27H33F3. The quantitative estimate of drug-likeness (QED) is 0.347. The lowest BCUT2D eigenvalue weighted by atomic mass is 10.1. The van der Waals surface area contributed by atoms with E-state index in [1.54, 1.807) is 33.8 Å². The van der Waals surface area contributed by atoms with Gasteiger partial charge in [0.1, 0.15) is 17.5 Å². The topological polar surface area (TPSA) is 0 Å². The highest BCUT2D eigenvalue weighted by Gasteiger charge is 2.08. The van der Waals surface area contributed by atoms with Gasteiger partial charge in [-0.25, -0.2) is 13.2 Å². The summed E-state index contributed by atoms with van der Waals surface area (Å²) in [5.41, 5.74) is 7.91. The molecule has 0 saturated heterocycles. The maximum Gasteiger partial charge on any atom is 0.132 e. The van der Waals surface area contributed by atoms with Crippen LogP contribution in [0.1, 0.15) is 50.1 Å². The van der Waals surface area contributed by atoms with Crippen LogP contribution in [0.3, 0.4) is 0 Å². The van der Waals surface area contributed by atoms with E-state index in [4.69, 9.17) is 0 Å². The Bertz CT molecular complexity index is 964. The molecule has 0 unspecified atom stereocenters. The molecule has 0 N–H and O–H groups in total. The standard InChI is InChI=1S/C9H10F2.C9H11F.C9H12/c1-5-4-8(10)7(3)9(11)6(5)2;1-6-4-5-7(2)9(10)8(6)3;1-7-4-5-8(2)9(3)6-7/h4H,1-3H3;4-5H,1-3H3;4-6H,1-3H3. The van der Waals surface area contributed by atoms with Crippen LogP contribution < -0.4 is 0 Å². The van der Waals surface area contributed by atoms with Gasteiger partial charge in [-0.3, -0.25) is 0 Å². The smallest absolute Gasteiger partial charge is 0.132 e. The van der Waals surface area contributed by atoms with Crippen LogP contribution in [0.5, 0.6) is 0 Å². The number of halogens is 3. The number of hydrogen-bond acceptors (Lipinski definition) is 0. The summed E-state index contributed by atoms with van der Waals surface area (Å²) in [6.07, 6.45) is 0. The molecule has 3 heteroatoms. The van der Waals surface area contributed by atoms with Crippen molar-refractivity contribution in [1.82, 2.24) is 0 Å². The van der Waals surface area contributed by atoms with Gasteiger partial charge < -0.3 is 0 Å². The number of rotatable bonds is 0. The third-order valence-corrected chi connectivity index (χ3v) is 5.46. The van der Waals surface area contributed by atoms with Gasteiger partial charge in [-0.15, -0.1) is 0 Å². The molecule has 162 valence electrons. The average Bonchev–Trinajstić information content (AvgIpc) is 2.70. The van der Waals surface area contributed by atoms with E-state index in [0.717, 1.165) is 16.7 Å². The highest BCUT2D eigenvalue weighted by atomic mass is 19.1. The van der Waals surface area contributed by atoms with Crippen molar-refractivity contribution in [2.45, 2.75) is 62.3 Å². The fourth-order valence-corrected chi connectivity index (χ4v) is 2.77. The summed E-state index contributed by atoms with van der Waals surface area (Å²) in [5, 5.41) is 0. The van der Waals surface area contributed by atoms with E-state index >= 15 is 0 Å². The van der Waals surface area contributed by atoms with Crippen molar-refractivity contribution in [2.75, 3.05) is 0 Å². The molecule has 3 aromatic rings. The maximum absolute atomic E-state index is 13.0. The van der Waals surface area contributed by atoms with E-state index in [9.17, 15) is 13.2 Å². The minimum absolute atomic E-state index is 0.0694. The van der Waals surface area contributed by atoms with Gasteiger partial charge in [0.05, 0.1) is 0 Å². The molecule has 0 aromatic heterocycles. The molecule has 0 aliphatic heterocycles. The van der Waals surface area contributed by atoms with E-state index in [-0.39, 0.29) is 11.4 Å². The number of benzene rings is 3. The predicted octanol–water partition coefficient (Wildman–Crippen LogP) is 8.25. The minimum Gasteiger partial charge on any atom is -0.207 e. The summed E-state index contributed by atoms with van der Waals surface area (Å²) in [6.45, 7) is 16.7. The van der Waals surface area contributed by atoms with E-state index in [1.807, 2.05) is 13.0 Å². The van der Waals surface area contributed by atoms with Gasteiger partial charge in [-0.05, 0) is 107 Å². The highest BCUT2D eigenvalue weighted by molar-refractivity contribution is 5.32. The summed E-state index contributed by atoms with van der Waals surface area (Å²) in [6, 6.07) is 11.6. The van der Waals surface area contributed by atoms with Crippen molar-refractivity contribution in [3.05, 3.63) is 104 Å². The van der Waals surface area contributed by atoms with Crippen molar-refractivity contribution in [1.29, 1.82) is 0 Å². The molecule has 0 amide bonds.